The van der Waals surface area contributed by atoms with Gasteiger partial charge in [-0.2, -0.15) is 22.0 Å². The number of rotatable bonds is 5. The number of nitrogens with one attached hydrogen (secondary N) is 2. The molecule has 1 heterocycles. The van der Waals surface area contributed by atoms with E-state index >= 15 is 8.78 Å². The highest BCUT2D eigenvalue weighted by Gasteiger charge is 2.79. The fraction of sp³-hybridized carbons (Fsp3) is 0.750. The molecule has 268 valence electrons. The summed E-state index contributed by atoms with van der Waals surface area (Å²) in [6.07, 6.45) is -4.85. The molecule has 4 fully saturated rings. The maximum Gasteiger partial charge on any atom is 0.456 e. The molecule has 6 atom stereocenters. The van der Waals surface area contributed by atoms with Crippen molar-refractivity contribution in [2.45, 2.75) is 134 Å². The summed E-state index contributed by atoms with van der Waals surface area (Å²) in [5.74, 6) is -7.87. The number of ether oxygens (including phenoxy) is 2. The molecule has 0 bridgehead atoms. The lowest BCUT2D eigenvalue weighted by atomic mass is 9.49. The van der Waals surface area contributed by atoms with Crippen molar-refractivity contribution in [3.05, 3.63) is 46.5 Å². The molecule has 48 heavy (non-hydrogen) atoms. The van der Waals surface area contributed by atoms with Crippen molar-refractivity contribution in [1.29, 1.82) is 0 Å². The van der Waals surface area contributed by atoms with Crippen molar-refractivity contribution in [2.75, 3.05) is 13.2 Å². The van der Waals surface area contributed by atoms with Crippen LogP contribution in [-0.4, -0.2) is 64.6 Å². The quantitative estimate of drug-likeness (QED) is 0.196. The number of hydrogen-bond acceptors (Lipinski definition) is 5. The summed E-state index contributed by atoms with van der Waals surface area (Å²) in [7, 11) is 0. The van der Waals surface area contributed by atoms with Gasteiger partial charge in [0.15, 0.2) is 5.79 Å². The number of aliphatic hydroxyl groups is 2. The van der Waals surface area contributed by atoms with E-state index in [-0.39, 0.29) is 49.2 Å². The number of amides is 2. The first-order valence-corrected chi connectivity index (χ1v) is 17.2. The zero-order chi connectivity index (χ0) is 35.1. The second-order valence-electron chi connectivity index (χ2n) is 16.4. The summed E-state index contributed by atoms with van der Waals surface area (Å²) in [5, 5.41) is 29.4. The van der Waals surface area contributed by atoms with E-state index in [1.54, 1.807) is 12.1 Å². The number of carbonyl (C=O) groups excluding carboxylic acids is 1. The number of halogens is 5. The molecule has 5 aliphatic rings. The Kier molecular flexibility index (Phi) is 8.61. The summed E-state index contributed by atoms with van der Waals surface area (Å²) < 4.78 is 85.1. The van der Waals surface area contributed by atoms with Gasteiger partial charge in [-0.3, -0.25) is 0 Å². The zero-order valence-corrected chi connectivity index (χ0v) is 28.4. The van der Waals surface area contributed by atoms with Crippen molar-refractivity contribution < 1.29 is 46.4 Å². The van der Waals surface area contributed by atoms with E-state index in [2.05, 4.69) is 10.6 Å². The number of urea groups is 1. The van der Waals surface area contributed by atoms with Gasteiger partial charge in [-0.15, -0.1) is 0 Å². The van der Waals surface area contributed by atoms with Crippen LogP contribution in [0.3, 0.4) is 0 Å². The molecule has 1 spiro atoms. The number of benzene rings is 1. The lowest BCUT2D eigenvalue weighted by Gasteiger charge is -2.59. The number of allylic oxidation sites excluding steroid dienone is 1. The van der Waals surface area contributed by atoms with Gasteiger partial charge in [0.25, 0.3) is 0 Å². The normalized spacial score (nSPS) is 36.0. The van der Waals surface area contributed by atoms with Crippen molar-refractivity contribution in [3.8, 4) is 0 Å². The monoisotopic (exact) mass is 684 g/mol. The fourth-order valence-electron chi connectivity index (χ4n) is 9.67. The smallest absolute Gasteiger partial charge is 0.385 e. The molecule has 3 saturated carbocycles. The Labute approximate surface area is 279 Å². The molecule has 5 unspecified atom stereocenters. The lowest BCUT2D eigenvalue weighted by Crippen LogP contribution is -2.65. The van der Waals surface area contributed by atoms with Crippen molar-refractivity contribution in [2.24, 2.45) is 22.7 Å². The Morgan fingerprint density at radius 2 is 1.62 bits per heavy atom. The van der Waals surface area contributed by atoms with E-state index in [1.165, 1.54) is 6.92 Å². The minimum atomic E-state index is -5.91. The highest BCUT2D eigenvalue weighted by Crippen LogP contribution is 2.71. The Hall–Kier alpha value is -2.28. The highest BCUT2D eigenvalue weighted by molar-refractivity contribution is 5.74. The summed E-state index contributed by atoms with van der Waals surface area (Å²) >= 11 is 0. The van der Waals surface area contributed by atoms with E-state index in [0.717, 1.165) is 16.7 Å². The van der Waals surface area contributed by atoms with Gasteiger partial charge in [0.2, 0.25) is 0 Å². The molecule has 6 rings (SSSR count). The van der Waals surface area contributed by atoms with Gasteiger partial charge >= 0.3 is 18.1 Å². The van der Waals surface area contributed by atoms with E-state index < -0.39 is 52.8 Å². The fourth-order valence-corrected chi connectivity index (χ4v) is 9.67. The zero-order valence-electron chi connectivity index (χ0n) is 28.4. The molecule has 7 nitrogen and oxygen atoms in total. The molecule has 1 aromatic rings. The van der Waals surface area contributed by atoms with Crippen LogP contribution >= 0.6 is 0 Å². The van der Waals surface area contributed by atoms with Gasteiger partial charge in [0.05, 0.1) is 18.8 Å². The maximum absolute atomic E-state index is 15.4. The van der Waals surface area contributed by atoms with E-state index in [0.29, 0.717) is 44.5 Å². The van der Waals surface area contributed by atoms with E-state index in [4.69, 9.17) is 9.47 Å². The lowest BCUT2D eigenvalue weighted by molar-refractivity contribution is -0.362. The highest BCUT2D eigenvalue weighted by atomic mass is 19.4. The van der Waals surface area contributed by atoms with Crippen LogP contribution < -0.4 is 10.6 Å². The number of hydrogen-bond donors (Lipinski definition) is 4. The van der Waals surface area contributed by atoms with Gasteiger partial charge in [-0.1, -0.05) is 50.6 Å². The second-order valence-corrected chi connectivity index (χ2v) is 16.4. The molecule has 1 aliphatic heterocycles. The molecule has 2 amide bonds. The largest absolute Gasteiger partial charge is 0.456 e. The Balaban J connectivity index is 1.39. The van der Waals surface area contributed by atoms with Crippen molar-refractivity contribution >= 4 is 6.03 Å². The molecular weight excluding hydrogens is 635 g/mol. The van der Waals surface area contributed by atoms with Crippen molar-refractivity contribution in [3.63, 3.8) is 0 Å². The van der Waals surface area contributed by atoms with Gasteiger partial charge in [0, 0.05) is 42.2 Å². The van der Waals surface area contributed by atoms with Gasteiger partial charge in [-0.05, 0) is 80.9 Å². The van der Waals surface area contributed by atoms with Crippen LogP contribution in [0.1, 0.15) is 103 Å². The van der Waals surface area contributed by atoms with Crippen LogP contribution in [0.4, 0.5) is 26.7 Å². The molecule has 4 N–H and O–H groups in total. The topological polar surface area (TPSA) is 100 Å². The molecule has 0 aromatic heterocycles. The van der Waals surface area contributed by atoms with Gasteiger partial charge in [0.1, 0.15) is 5.60 Å². The Bertz CT molecular complexity index is 1430. The van der Waals surface area contributed by atoms with Crippen LogP contribution in [0.5, 0.6) is 0 Å². The van der Waals surface area contributed by atoms with E-state index in [1.807, 2.05) is 39.8 Å². The first kappa shape index (κ1) is 35.5. The summed E-state index contributed by atoms with van der Waals surface area (Å²) in [6.45, 7) is 10.4. The molecule has 1 aromatic carbocycles. The third-order valence-corrected chi connectivity index (χ3v) is 12.1. The molecule has 4 aliphatic carbocycles. The SMILES string of the molecule is CC(C)NC(=O)NCc1ccc([C@H]2CC3(C)C(CCC3(O)C(F)(F)C(F)(F)F)C3CCC4(O)CC5(CCC4=C32)OCC(C)(C)CO5)cc1. The Morgan fingerprint density at radius 3 is 2.23 bits per heavy atom. The first-order valence-electron chi connectivity index (χ1n) is 17.2. The summed E-state index contributed by atoms with van der Waals surface area (Å²) in [4.78, 5) is 12.1. The predicted octanol–water partition coefficient (Wildman–Crippen LogP) is 7.12. The van der Waals surface area contributed by atoms with Crippen LogP contribution in [0.15, 0.2) is 35.4 Å². The average molecular weight is 685 g/mol. The van der Waals surface area contributed by atoms with Crippen LogP contribution in [0.25, 0.3) is 0 Å². The van der Waals surface area contributed by atoms with Crippen LogP contribution in [0.2, 0.25) is 0 Å². The van der Waals surface area contributed by atoms with E-state index in [9.17, 15) is 28.2 Å². The number of carbonyl (C=O) groups is 1. The molecule has 1 saturated heterocycles. The van der Waals surface area contributed by atoms with Crippen molar-refractivity contribution in [1.82, 2.24) is 10.6 Å². The molecular formula is C36H49F5N2O5. The molecule has 12 heteroatoms. The maximum atomic E-state index is 15.4. The van der Waals surface area contributed by atoms with Gasteiger partial charge in [-0.25, -0.2) is 4.79 Å². The second kappa shape index (κ2) is 11.6. The summed E-state index contributed by atoms with van der Waals surface area (Å²) in [6, 6.07) is 6.88. The average Bonchev–Trinajstić information content (AvgIpc) is 3.27. The standard InChI is InChI=1S/C36H49F5N2O5/c1-21(2)43-29(44)42-17-22-6-8-23(9-7-22)25-16-31(5)26(12-15-34(31,46)35(37,38)36(39,40)41)24-10-13-32(45)18-33(14-11-27(32)28(24)25)47-19-30(3,4)20-48-33/h6-9,21,24-26,45-46H,10-20H2,1-5H3,(H2,42,43,44)/t24?,25-,26?,31?,32?,34?/m1/s1. The summed E-state index contributed by atoms with van der Waals surface area (Å²) in [5.41, 5.74) is -3.29. The third-order valence-electron chi connectivity index (χ3n) is 12.1. The van der Waals surface area contributed by atoms with Crippen LogP contribution in [0, 0.1) is 22.7 Å². The Morgan fingerprint density at radius 1 is 0.979 bits per heavy atom. The minimum Gasteiger partial charge on any atom is -0.385 e. The third kappa shape index (κ3) is 5.66. The molecule has 0 radical (unpaired) electrons. The first-order chi connectivity index (χ1) is 22.2. The van der Waals surface area contributed by atoms with Crippen LogP contribution in [-0.2, 0) is 16.0 Å². The number of alkyl halides is 5. The minimum absolute atomic E-state index is 0.0273. The predicted molar refractivity (Wildman–Crippen MR) is 168 cm³/mol. The number of fused-ring (bicyclic) bond motifs is 4. The van der Waals surface area contributed by atoms with Gasteiger partial charge < -0.3 is 30.3 Å².